The maximum atomic E-state index is 9.87. The van der Waals surface area contributed by atoms with Gasteiger partial charge in [-0.15, -0.1) is 0 Å². The van der Waals surface area contributed by atoms with Gasteiger partial charge in [0.05, 0.1) is 6.61 Å². The molecule has 2 aromatic heterocycles. The number of rotatable bonds is 2. The molecule has 5 aromatic rings. The predicted octanol–water partition coefficient (Wildman–Crippen LogP) is 4.67. The summed E-state index contributed by atoms with van der Waals surface area (Å²) in [5, 5.41) is 23.5. The number of nitrogens with one attached hydrogen (secondary N) is 2. The van der Waals surface area contributed by atoms with E-state index in [0.717, 1.165) is 49.3 Å². The van der Waals surface area contributed by atoms with Gasteiger partial charge in [0.1, 0.15) is 5.75 Å². The summed E-state index contributed by atoms with van der Waals surface area (Å²) in [6.07, 6.45) is 4.01. The van der Waals surface area contributed by atoms with Gasteiger partial charge in [0, 0.05) is 45.0 Å². The zero-order valence-corrected chi connectivity index (χ0v) is 13.4. The first kappa shape index (κ1) is 14.1. The number of aromatic nitrogens is 2. The number of aliphatic hydroxyl groups is 1. The summed E-state index contributed by atoms with van der Waals surface area (Å²) < 4.78 is 0. The van der Waals surface area contributed by atoms with Crippen molar-refractivity contribution in [1.82, 2.24) is 9.97 Å². The van der Waals surface area contributed by atoms with Gasteiger partial charge in [0.25, 0.3) is 0 Å². The van der Waals surface area contributed by atoms with Gasteiger partial charge in [-0.2, -0.15) is 0 Å². The second kappa shape index (κ2) is 5.13. The molecule has 0 fully saturated rings. The van der Waals surface area contributed by atoms with Crippen LogP contribution in [-0.2, 0) is 6.61 Å². The van der Waals surface area contributed by atoms with Crippen LogP contribution in [0.1, 0.15) is 5.56 Å². The van der Waals surface area contributed by atoms with Crippen LogP contribution in [0.15, 0.2) is 60.9 Å². The smallest absolute Gasteiger partial charge is 0.116 e. The molecule has 0 aliphatic heterocycles. The topological polar surface area (TPSA) is 72.0 Å². The van der Waals surface area contributed by atoms with E-state index >= 15 is 0 Å². The van der Waals surface area contributed by atoms with Crippen LogP contribution in [0.3, 0.4) is 0 Å². The van der Waals surface area contributed by atoms with Gasteiger partial charge in [-0.1, -0.05) is 24.3 Å². The van der Waals surface area contributed by atoms with E-state index in [2.05, 4.69) is 16.0 Å². The number of hydrogen-bond acceptors (Lipinski definition) is 2. The largest absolute Gasteiger partial charge is 0.508 e. The number of phenolic OH excluding ortho intramolecular Hbond substituents is 1. The van der Waals surface area contributed by atoms with Crippen LogP contribution < -0.4 is 0 Å². The van der Waals surface area contributed by atoms with Gasteiger partial charge in [-0.25, -0.2) is 0 Å². The van der Waals surface area contributed by atoms with Gasteiger partial charge in [-0.3, -0.25) is 0 Å². The van der Waals surface area contributed by atoms with Crippen molar-refractivity contribution in [2.45, 2.75) is 6.61 Å². The molecule has 0 amide bonds. The number of H-pyrrole nitrogens is 2. The molecule has 0 unspecified atom stereocenters. The second-order valence-electron chi connectivity index (χ2n) is 6.34. The Hall–Kier alpha value is -3.24. The third-order valence-corrected chi connectivity index (χ3v) is 4.85. The number of phenols is 1. The zero-order valence-electron chi connectivity index (χ0n) is 13.4. The number of hydrogen-bond donors (Lipinski definition) is 4. The SMILES string of the molecule is OCc1ccc(-c2cc3[nH]c4ccc(O)cc4c3c3c[nH]cc23)cc1. The summed E-state index contributed by atoms with van der Waals surface area (Å²) in [6.45, 7) is 0.0460. The van der Waals surface area contributed by atoms with Crippen molar-refractivity contribution < 1.29 is 10.2 Å². The van der Waals surface area contributed by atoms with E-state index in [-0.39, 0.29) is 12.4 Å². The van der Waals surface area contributed by atoms with Crippen LogP contribution in [0.2, 0.25) is 0 Å². The molecule has 0 atom stereocenters. The minimum absolute atomic E-state index is 0.0460. The first-order valence-electron chi connectivity index (χ1n) is 8.18. The summed E-state index contributed by atoms with van der Waals surface area (Å²) in [5.41, 5.74) is 5.17. The Labute approximate surface area is 143 Å². The first-order chi connectivity index (χ1) is 12.2. The Morgan fingerprint density at radius 2 is 1.60 bits per heavy atom. The van der Waals surface area contributed by atoms with Gasteiger partial charge in [0.15, 0.2) is 0 Å². The molecule has 5 rings (SSSR count). The monoisotopic (exact) mass is 328 g/mol. The van der Waals surface area contributed by atoms with Crippen LogP contribution in [0, 0.1) is 0 Å². The van der Waals surface area contributed by atoms with Gasteiger partial charge in [0.2, 0.25) is 0 Å². The quantitative estimate of drug-likeness (QED) is 0.380. The number of fused-ring (bicyclic) bond motifs is 5. The van der Waals surface area contributed by atoms with Crippen LogP contribution in [0.4, 0.5) is 0 Å². The normalized spacial score (nSPS) is 11.7. The van der Waals surface area contributed by atoms with E-state index in [1.165, 1.54) is 0 Å². The summed E-state index contributed by atoms with van der Waals surface area (Å²) in [6, 6.07) is 15.5. The average molecular weight is 328 g/mol. The lowest BCUT2D eigenvalue weighted by molar-refractivity contribution is 0.282. The predicted molar refractivity (Wildman–Crippen MR) is 101 cm³/mol. The fourth-order valence-corrected chi connectivity index (χ4v) is 3.64. The van der Waals surface area contributed by atoms with Crippen LogP contribution in [0.25, 0.3) is 43.7 Å². The van der Waals surface area contributed by atoms with Gasteiger partial charge in [-0.05, 0) is 41.0 Å². The molecular formula is C21H16N2O2. The Kier molecular flexibility index (Phi) is 2.90. The summed E-state index contributed by atoms with van der Waals surface area (Å²) in [7, 11) is 0. The lowest BCUT2D eigenvalue weighted by Crippen LogP contribution is -1.84. The van der Waals surface area contributed by atoms with E-state index < -0.39 is 0 Å². The number of aromatic hydroxyl groups is 1. The van der Waals surface area contributed by atoms with Crippen LogP contribution in [-0.4, -0.2) is 20.2 Å². The maximum Gasteiger partial charge on any atom is 0.116 e. The van der Waals surface area contributed by atoms with Crippen molar-refractivity contribution in [1.29, 1.82) is 0 Å². The molecule has 0 aliphatic rings. The fourth-order valence-electron chi connectivity index (χ4n) is 3.64. The Morgan fingerprint density at radius 3 is 2.40 bits per heavy atom. The average Bonchev–Trinajstić information content (AvgIpc) is 3.24. The van der Waals surface area contributed by atoms with Crippen molar-refractivity contribution in [3.63, 3.8) is 0 Å². The summed E-state index contributed by atoms with van der Waals surface area (Å²) in [5.74, 6) is 0.265. The third-order valence-electron chi connectivity index (χ3n) is 4.85. The highest BCUT2D eigenvalue weighted by molar-refractivity contribution is 6.23. The van der Waals surface area contributed by atoms with E-state index in [1.807, 2.05) is 42.7 Å². The summed E-state index contributed by atoms with van der Waals surface area (Å²) in [4.78, 5) is 6.67. The number of benzene rings is 3. The van der Waals surface area contributed by atoms with Gasteiger partial charge < -0.3 is 20.2 Å². The molecule has 0 aliphatic carbocycles. The highest BCUT2D eigenvalue weighted by atomic mass is 16.3. The lowest BCUT2D eigenvalue weighted by Gasteiger charge is -2.07. The van der Waals surface area contributed by atoms with Crippen molar-refractivity contribution in [3.8, 4) is 16.9 Å². The molecule has 0 saturated heterocycles. The first-order valence-corrected chi connectivity index (χ1v) is 8.18. The molecule has 0 spiro atoms. The third kappa shape index (κ3) is 2.05. The Morgan fingerprint density at radius 1 is 0.800 bits per heavy atom. The van der Waals surface area contributed by atoms with Crippen LogP contribution >= 0.6 is 0 Å². The molecule has 0 bridgehead atoms. The van der Waals surface area contributed by atoms with Crippen molar-refractivity contribution in [3.05, 3.63) is 66.5 Å². The molecular weight excluding hydrogens is 312 g/mol. The van der Waals surface area contributed by atoms with Crippen molar-refractivity contribution in [2.75, 3.05) is 0 Å². The van der Waals surface area contributed by atoms with E-state index in [4.69, 9.17) is 0 Å². The van der Waals surface area contributed by atoms with Crippen molar-refractivity contribution in [2.24, 2.45) is 0 Å². The van der Waals surface area contributed by atoms with E-state index in [0.29, 0.717) is 0 Å². The standard InChI is InChI=1S/C21H16N2O2/c24-11-12-1-3-13(4-2-12)15-8-20-21(18-10-22-9-17(15)18)16-7-14(25)5-6-19(16)23-20/h1-10,22-25H,11H2. The minimum Gasteiger partial charge on any atom is -0.508 e. The minimum atomic E-state index is 0.0460. The number of aliphatic hydroxyl groups excluding tert-OH is 1. The lowest BCUT2D eigenvalue weighted by atomic mass is 9.97. The highest BCUT2D eigenvalue weighted by Gasteiger charge is 2.14. The Balaban J connectivity index is 1.87. The van der Waals surface area contributed by atoms with E-state index in [9.17, 15) is 10.2 Å². The molecule has 4 N–H and O–H groups in total. The molecule has 2 heterocycles. The van der Waals surface area contributed by atoms with Gasteiger partial charge >= 0.3 is 0 Å². The second-order valence-corrected chi connectivity index (χ2v) is 6.34. The maximum absolute atomic E-state index is 9.87. The van der Waals surface area contributed by atoms with E-state index in [1.54, 1.807) is 12.1 Å². The molecule has 122 valence electrons. The van der Waals surface area contributed by atoms with Crippen LogP contribution in [0.5, 0.6) is 5.75 Å². The highest BCUT2D eigenvalue weighted by Crippen LogP contribution is 2.39. The molecule has 25 heavy (non-hydrogen) atoms. The molecule has 3 aromatic carbocycles. The molecule has 0 radical (unpaired) electrons. The molecule has 4 heteroatoms. The summed E-state index contributed by atoms with van der Waals surface area (Å²) >= 11 is 0. The Bertz CT molecular complexity index is 1230. The fraction of sp³-hybridized carbons (Fsp3) is 0.0476. The van der Waals surface area contributed by atoms with Crippen molar-refractivity contribution >= 4 is 32.6 Å². The zero-order chi connectivity index (χ0) is 17.0. The number of aromatic amines is 2. The molecule has 0 saturated carbocycles. The molecule has 4 nitrogen and oxygen atoms in total.